The molecule has 104 valence electrons. The lowest BCUT2D eigenvalue weighted by molar-refractivity contribution is -0.676. The first-order chi connectivity index (χ1) is 9.15. The van der Waals surface area contributed by atoms with Gasteiger partial charge in [-0.1, -0.05) is 29.8 Å². The smallest absolute Gasteiger partial charge is 0.222 e. The molecule has 1 amide bonds. The van der Waals surface area contributed by atoms with E-state index < -0.39 is 6.10 Å². The van der Waals surface area contributed by atoms with E-state index in [0.717, 1.165) is 19.5 Å². The van der Waals surface area contributed by atoms with Crippen LogP contribution < -0.4 is 5.32 Å². The van der Waals surface area contributed by atoms with E-state index in [2.05, 4.69) is 36.5 Å². The van der Waals surface area contributed by atoms with Crippen molar-refractivity contribution in [2.45, 2.75) is 32.4 Å². The molecule has 1 aliphatic heterocycles. The molecule has 1 aromatic rings. The minimum Gasteiger partial charge on any atom is -0.385 e. The Labute approximate surface area is 114 Å². The van der Waals surface area contributed by atoms with Crippen LogP contribution >= 0.6 is 0 Å². The number of hydrogen-bond acceptors (Lipinski definition) is 2. The van der Waals surface area contributed by atoms with E-state index in [9.17, 15) is 9.90 Å². The Morgan fingerprint density at radius 3 is 2.74 bits per heavy atom. The second-order valence-corrected chi connectivity index (χ2v) is 5.31. The lowest BCUT2D eigenvalue weighted by Gasteiger charge is -2.18. The number of amides is 1. The van der Waals surface area contributed by atoms with Gasteiger partial charge < -0.3 is 15.3 Å². The number of β-amino-alcohol motifs (C(OH)–C–C–N with tert-alkyl or cyclic N) is 1. The van der Waals surface area contributed by atoms with E-state index in [1.807, 2.05) is 0 Å². The van der Waals surface area contributed by atoms with Gasteiger partial charge in [0.2, 0.25) is 5.91 Å². The monoisotopic (exact) mass is 263 g/mol. The molecule has 19 heavy (non-hydrogen) atoms. The van der Waals surface area contributed by atoms with Crippen LogP contribution in [-0.4, -0.2) is 41.7 Å². The molecule has 3 N–H and O–H groups in total. The molecule has 1 fully saturated rings. The summed E-state index contributed by atoms with van der Waals surface area (Å²) in [5.41, 5.74) is 2.52. The highest BCUT2D eigenvalue weighted by molar-refractivity contribution is 5.78. The lowest BCUT2D eigenvalue weighted by atomic mass is 10.1. The average molecular weight is 263 g/mol. The number of aliphatic hydroxyl groups excluding tert-OH is 1. The van der Waals surface area contributed by atoms with Crippen LogP contribution in [-0.2, 0) is 11.3 Å². The molecule has 0 spiro atoms. The number of benzene rings is 1. The summed E-state index contributed by atoms with van der Waals surface area (Å²) >= 11 is 0. The minimum absolute atomic E-state index is 0.178. The number of nitrogens with two attached hydrogens (primary N) is 1. The Hall–Kier alpha value is -1.39. The highest BCUT2D eigenvalue weighted by Crippen LogP contribution is 2.09. The SMILES string of the molecule is Cc1ccc(C[NH2+]C[C@H](O)CN2CCCC2=O)cc1. The van der Waals surface area contributed by atoms with Crippen molar-refractivity contribution in [2.75, 3.05) is 19.6 Å². The molecule has 4 nitrogen and oxygen atoms in total. The zero-order valence-electron chi connectivity index (χ0n) is 11.5. The van der Waals surface area contributed by atoms with Crippen LogP contribution in [0.2, 0.25) is 0 Å². The number of aryl methyl sites for hydroxylation is 1. The number of carbonyl (C=O) groups excluding carboxylic acids is 1. The van der Waals surface area contributed by atoms with E-state index >= 15 is 0 Å². The molecule has 0 aliphatic carbocycles. The van der Waals surface area contributed by atoms with Crippen molar-refractivity contribution in [3.8, 4) is 0 Å². The summed E-state index contributed by atoms with van der Waals surface area (Å²) in [5, 5.41) is 12.0. The molecule has 0 saturated carbocycles. The number of carbonyl (C=O) groups is 1. The molecule has 1 heterocycles. The maximum Gasteiger partial charge on any atom is 0.222 e. The summed E-state index contributed by atoms with van der Waals surface area (Å²) in [7, 11) is 0. The Bertz CT molecular complexity index is 417. The third-order valence-corrected chi connectivity index (χ3v) is 3.54. The maximum atomic E-state index is 11.4. The first kappa shape index (κ1) is 14.0. The number of hydrogen-bond donors (Lipinski definition) is 2. The van der Waals surface area contributed by atoms with Gasteiger partial charge in [-0.2, -0.15) is 0 Å². The van der Waals surface area contributed by atoms with Crippen LogP contribution in [0.15, 0.2) is 24.3 Å². The number of quaternary nitrogens is 1. The van der Waals surface area contributed by atoms with Gasteiger partial charge in [0.15, 0.2) is 0 Å². The predicted molar refractivity (Wildman–Crippen MR) is 73.5 cm³/mol. The third-order valence-electron chi connectivity index (χ3n) is 3.54. The summed E-state index contributed by atoms with van der Waals surface area (Å²) in [6.07, 6.45) is 1.13. The average Bonchev–Trinajstić information content (AvgIpc) is 2.78. The molecule has 2 rings (SSSR count). The van der Waals surface area contributed by atoms with Gasteiger partial charge in [0, 0.05) is 18.5 Å². The normalized spacial score (nSPS) is 16.9. The van der Waals surface area contributed by atoms with Gasteiger partial charge in [0.05, 0.1) is 6.54 Å². The Morgan fingerprint density at radius 2 is 2.11 bits per heavy atom. The number of rotatable bonds is 6. The summed E-state index contributed by atoms with van der Waals surface area (Å²) in [5.74, 6) is 0.178. The molecule has 0 unspecified atom stereocenters. The van der Waals surface area contributed by atoms with E-state index in [-0.39, 0.29) is 5.91 Å². The number of likely N-dealkylation sites (tertiary alicyclic amines) is 1. The number of aliphatic hydroxyl groups is 1. The van der Waals surface area contributed by atoms with Gasteiger partial charge in [0.1, 0.15) is 19.2 Å². The standard InChI is InChI=1S/C15H22N2O2/c1-12-4-6-13(7-5-12)9-16-10-14(18)11-17-8-2-3-15(17)19/h4-7,14,16,18H,2-3,8-11H2,1H3/p+1/t14-/m0/s1. The molecule has 1 saturated heterocycles. The molecule has 1 aromatic carbocycles. The van der Waals surface area contributed by atoms with E-state index in [1.165, 1.54) is 11.1 Å². The lowest BCUT2D eigenvalue weighted by Crippen LogP contribution is -2.85. The largest absolute Gasteiger partial charge is 0.385 e. The molecule has 0 radical (unpaired) electrons. The Balaban J connectivity index is 1.67. The highest BCUT2D eigenvalue weighted by atomic mass is 16.3. The van der Waals surface area contributed by atoms with E-state index in [4.69, 9.17) is 0 Å². The van der Waals surface area contributed by atoms with Crippen molar-refractivity contribution in [1.29, 1.82) is 0 Å². The van der Waals surface area contributed by atoms with Gasteiger partial charge in [-0.25, -0.2) is 0 Å². The first-order valence-corrected chi connectivity index (χ1v) is 6.98. The molecule has 0 bridgehead atoms. The van der Waals surface area contributed by atoms with Crippen LogP contribution in [0.4, 0.5) is 0 Å². The van der Waals surface area contributed by atoms with E-state index in [1.54, 1.807) is 4.90 Å². The van der Waals surface area contributed by atoms with Gasteiger partial charge in [-0.05, 0) is 13.3 Å². The molecule has 0 aromatic heterocycles. The second-order valence-electron chi connectivity index (χ2n) is 5.31. The van der Waals surface area contributed by atoms with Crippen LogP contribution in [0.1, 0.15) is 24.0 Å². The van der Waals surface area contributed by atoms with Crippen molar-refractivity contribution in [3.63, 3.8) is 0 Å². The Kier molecular flexibility index (Phi) is 4.93. The van der Waals surface area contributed by atoms with Gasteiger partial charge >= 0.3 is 0 Å². The maximum absolute atomic E-state index is 11.4. The van der Waals surface area contributed by atoms with Crippen molar-refractivity contribution in [3.05, 3.63) is 35.4 Å². The van der Waals surface area contributed by atoms with Crippen LogP contribution in [0, 0.1) is 6.92 Å². The predicted octanol–water partition coefficient (Wildman–Crippen LogP) is 0.0417. The highest BCUT2D eigenvalue weighted by Gasteiger charge is 2.22. The van der Waals surface area contributed by atoms with Crippen molar-refractivity contribution >= 4 is 5.91 Å². The van der Waals surface area contributed by atoms with Crippen LogP contribution in [0.25, 0.3) is 0 Å². The summed E-state index contributed by atoms with van der Waals surface area (Å²) in [6, 6.07) is 8.43. The fourth-order valence-electron chi connectivity index (χ4n) is 2.39. The fourth-order valence-corrected chi connectivity index (χ4v) is 2.39. The summed E-state index contributed by atoms with van der Waals surface area (Å²) in [4.78, 5) is 13.2. The summed E-state index contributed by atoms with van der Waals surface area (Å²) in [6.45, 7) is 4.85. The van der Waals surface area contributed by atoms with Gasteiger partial charge in [-0.3, -0.25) is 4.79 Å². The summed E-state index contributed by atoms with van der Waals surface area (Å²) < 4.78 is 0. The van der Waals surface area contributed by atoms with Gasteiger partial charge in [-0.15, -0.1) is 0 Å². The van der Waals surface area contributed by atoms with Crippen LogP contribution in [0.3, 0.4) is 0 Å². The van der Waals surface area contributed by atoms with Crippen LogP contribution in [0.5, 0.6) is 0 Å². The molecule has 4 heteroatoms. The third kappa shape index (κ3) is 4.33. The zero-order valence-corrected chi connectivity index (χ0v) is 11.5. The first-order valence-electron chi connectivity index (χ1n) is 6.98. The molecule has 1 aliphatic rings. The number of nitrogens with zero attached hydrogens (tertiary/aromatic N) is 1. The Morgan fingerprint density at radius 1 is 1.37 bits per heavy atom. The topological polar surface area (TPSA) is 57.2 Å². The van der Waals surface area contributed by atoms with Crippen molar-refractivity contribution < 1.29 is 15.2 Å². The molecular weight excluding hydrogens is 240 g/mol. The molecular formula is C15H23N2O2+. The van der Waals surface area contributed by atoms with Crippen molar-refractivity contribution in [1.82, 2.24) is 4.90 Å². The quantitative estimate of drug-likeness (QED) is 0.761. The van der Waals surface area contributed by atoms with Gasteiger partial charge in [0.25, 0.3) is 0 Å². The zero-order chi connectivity index (χ0) is 13.7. The van der Waals surface area contributed by atoms with E-state index in [0.29, 0.717) is 19.5 Å². The minimum atomic E-state index is -0.438. The second kappa shape index (κ2) is 6.68. The fraction of sp³-hybridized carbons (Fsp3) is 0.533. The van der Waals surface area contributed by atoms with Crippen molar-refractivity contribution in [2.24, 2.45) is 0 Å². The molecule has 1 atom stereocenters.